The molecule has 0 saturated carbocycles. The Morgan fingerprint density at radius 1 is 1.40 bits per heavy atom. The molecule has 7 heteroatoms. The highest BCUT2D eigenvalue weighted by Crippen LogP contribution is 2.23. The normalized spacial score (nSPS) is 12.3. The van der Waals surface area contributed by atoms with Crippen molar-refractivity contribution in [3.63, 3.8) is 0 Å². The lowest BCUT2D eigenvalue weighted by atomic mass is 10.2. The third-order valence-electron chi connectivity index (χ3n) is 2.84. The van der Waals surface area contributed by atoms with E-state index in [1.807, 2.05) is 13.8 Å². The van der Waals surface area contributed by atoms with Crippen molar-refractivity contribution in [2.24, 2.45) is 0 Å². The van der Waals surface area contributed by atoms with Crippen LogP contribution in [0.5, 0.6) is 0 Å². The number of anilines is 1. The number of sulfonamides is 1. The minimum Gasteiger partial charge on any atom is -0.396 e. The zero-order valence-electron chi connectivity index (χ0n) is 12.2. The molecule has 0 aromatic heterocycles. The van der Waals surface area contributed by atoms with Gasteiger partial charge in [-0.3, -0.25) is 0 Å². The number of ether oxygens (including phenoxy) is 1. The minimum absolute atomic E-state index is 0.0171. The number of halogens is 1. The van der Waals surface area contributed by atoms with E-state index in [4.69, 9.17) is 10.5 Å². The van der Waals surface area contributed by atoms with Gasteiger partial charge in [-0.25, -0.2) is 12.8 Å². The Balaban J connectivity index is 2.96. The first-order valence-electron chi connectivity index (χ1n) is 6.29. The molecule has 0 fully saturated rings. The van der Waals surface area contributed by atoms with Crippen molar-refractivity contribution in [2.45, 2.75) is 31.8 Å². The fourth-order valence-corrected chi connectivity index (χ4v) is 3.04. The van der Waals surface area contributed by atoms with E-state index in [9.17, 15) is 12.8 Å². The smallest absolute Gasteiger partial charge is 0.243 e. The van der Waals surface area contributed by atoms with E-state index in [0.717, 1.165) is 12.1 Å². The Bertz CT molecular complexity index is 573. The van der Waals surface area contributed by atoms with Crippen LogP contribution in [0.4, 0.5) is 10.1 Å². The molecule has 5 nitrogen and oxygen atoms in total. The highest BCUT2D eigenvalue weighted by atomic mass is 32.2. The SMILES string of the molecule is Cc1cc(F)c(N)cc1S(=O)(=O)N(C)CCOC(C)C. The third kappa shape index (κ3) is 3.91. The number of hydrogen-bond acceptors (Lipinski definition) is 4. The fraction of sp³-hybridized carbons (Fsp3) is 0.538. The molecule has 0 atom stereocenters. The Kier molecular flexibility index (Phi) is 5.50. The monoisotopic (exact) mass is 304 g/mol. The van der Waals surface area contributed by atoms with E-state index in [1.165, 1.54) is 18.3 Å². The van der Waals surface area contributed by atoms with Gasteiger partial charge in [0.2, 0.25) is 10.0 Å². The second-order valence-corrected chi connectivity index (χ2v) is 6.90. The van der Waals surface area contributed by atoms with Gasteiger partial charge in [0, 0.05) is 13.6 Å². The molecular weight excluding hydrogens is 283 g/mol. The molecule has 0 amide bonds. The summed E-state index contributed by atoms with van der Waals surface area (Å²) in [5, 5.41) is 0. The van der Waals surface area contributed by atoms with Crippen LogP contribution < -0.4 is 5.73 Å². The van der Waals surface area contributed by atoms with Crippen LogP contribution in [-0.4, -0.2) is 39.0 Å². The van der Waals surface area contributed by atoms with Gasteiger partial charge in [-0.1, -0.05) is 0 Å². The maximum absolute atomic E-state index is 13.3. The summed E-state index contributed by atoms with van der Waals surface area (Å²) in [5.41, 5.74) is 5.59. The van der Waals surface area contributed by atoms with Crippen LogP contribution >= 0.6 is 0 Å². The van der Waals surface area contributed by atoms with Crippen molar-refractivity contribution < 1.29 is 17.5 Å². The second-order valence-electron chi connectivity index (χ2n) is 4.89. The summed E-state index contributed by atoms with van der Waals surface area (Å²) >= 11 is 0. The molecule has 1 rings (SSSR count). The van der Waals surface area contributed by atoms with Crippen molar-refractivity contribution in [1.29, 1.82) is 0 Å². The Morgan fingerprint density at radius 3 is 2.55 bits per heavy atom. The predicted molar refractivity (Wildman–Crippen MR) is 76.5 cm³/mol. The van der Waals surface area contributed by atoms with Crippen LogP contribution in [-0.2, 0) is 14.8 Å². The van der Waals surface area contributed by atoms with Crippen LogP contribution in [0.25, 0.3) is 0 Å². The fourth-order valence-electron chi connectivity index (χ4n) is 1.65. The summed E-state index contributed by atoms with van der Waals surface area (Å²) < 4.78 is 44.6. The zero-order chi connectivity index (χ0) is 15.5. The average molecular weight is 304 g/mol. The zero-order valence-corrected chi connectivity index (χ0v) is 13.0. The van der Waals surface area contributed by atoms with Gasteiger partial charge >= 0.3 is 0 Å². The maximum atomic E-state index is 13.3. The van der Waals surface area contributed by atoms with Crippen LogP contribution in [0.2, 0.25) is 0 Å². The lowest BCUT2D eigenvalue weighted by Crippen LogP contribution is -2.31. The molecule has 2 N–H and O–H groups in total. The van der Waals surface area contributed by atoms with Crippen molar-refractivity contribution in [1.82, 2.24) is 4.31 Å². The molecule has 0 spiro atoms. The van der Waals surface area contributed by atoms with Gasteiger partial charge in [-0.15, -0.1) is 0 Å². The molecular formula is C13H21FN2O3S. The summed E-state index contributed by atoms with van der Waals surface area (Å²) in [4.78, 5) is 0.0171. The third-order valence-corrected chi connectivity index (χ3v) is 4.84. The Labute approximate surface area is 119 Å². The van der Waals surface area contributed by atoms with Gasteiger partial charge in [0.25, 0.3) is 0 Å². The molecule has 1 aromatic carbocycles. The largest absolute Gasteiger partial charge is 0.396 e. The number of hydrogen-bond donors (Lipinski definition) is 1. The van der Waals surface area contributed by atoms with Gasteiger partial charge in [0.1, 0.15) is 5.82 Å². The van der Waals surface area contributed by atoms with Crippen LogP contribution in [0.15, 0.2) is 17.0 Å². The van der Waals surface area contributed by atoms with Gasteiger partial charge in [0.05, 0.1) is 23.3 Å². The van der Waals surface area contributed by atoms with E-state index in [2.05, 4.69) is 0 Å². The second kappa shape index (κ2) is 6.51. The number of nitrogens with two attached hydrogens (primary N) is 1. The van der Waals surface area contributed by atoms with Gasteiger partial charge < -0.3 is 10.5 Å². The molecule has 0 saturated heterocycles. The molecule has 0 aliphatic carbocycles. The van der Waals surface area contributed by atoms with Crippen LogP contribution in [0.1, 0.15) is 19.4 Å². The number of aryl methyl sites for hydroxylation is 1. The van der Waals surface area contributed by atoms with Crippen molar-refractivity contribution in [2.75, 3.05) is 25.9 Å². The topological polar surface area (TPSA) is 72.6 Å². The average Bonchev–Trinajstić information content (AvgIpc) is 2.32. The maximum Gasteiger partial charge on any atom is 0.243 e. The van der Waals surface area contributed by atoms with Gasteiger partial charge in [-0.05, 0) is 38.5 Å². The molecule has 0 aliphatic rings. The summed E-state index contributed by atoms with van der Waals surface area (Å²) in [6.45, 7) is 5.80. The minimum atomic E-state index is -3.70. The first-order valence-corrected chi connectivity index (χ1v) is 7.73. The Morgan fingerprint density at radius 2 is 2.00 bits per heavy atom. The quantitative estimate of drug-likeness (QED) is 0.813. The highest BCUT2D eigenvalue weighted by molar-refractivity contribution is 7.89. The molecule has 0 unspecified atom stereocenters. The van der Waals surface area contributed by atoms with Crippen molar-refractivity contribution in [3.8, 4) is 0 Å². The number of nitrogen functional groups attached to an aromatic ring is 1. The molecule has 0 radical (unpaired) electrons. The number of benzene rings is 1. The predicted octanol–water partition coefficient (Wildman–Crippen LogP) is 1.76. The lowest BCUT2D eigenvalue weighted by Gasteiger charge is -2.19. The van der Waals surface area contributed by atoms with Gasteiger partial charge in [-0.2, -0.15) is 4.31 Å². The molecule has 114 valence electrons. The van der Waals surface area contributed by atoms with Crippen molar-refractivity contribution >= 4 is 15.7 Å². The standard InChI is InChI=1S/C13H21FN2O3S/c1-9(2)19-6-5-16(4)20(17,18)13-8-12(15)11(14)7-10(13)3/h7-9H,5-6,15H2,1-4H3. The summed E-state index contributed by atoms with van der Waals surface area (Å²) in [5.74, 6) is -0.618. The molecule has 1 aromatic rings. The summed E-state index contributed by atoms with van der Waals surface area (Å²) in [7, 11) is -2.24. The first kappa shape index (κ1) is 16.9. The van der Waals surface area contributed by atoms with E-state index in [0.29, 0.717) is 12.2 Å². The van der Waals surface area contributed by atoms with Crippen LogP contribution in [0.3, 0.4) is 0 Å². The van der Waals surface area contributed by atoms with E-state index in [-0.39, 0.29) is 23.2 Å². The van der Waals surface area contributed by atoms with E-state index < -0.39 is 15.8 Å². The van der Waals surface area contributed by atoms with Gasteiger partial charge in [0.15, 0.2) is 0 Å². The Hall–Kier alpha value is -1.18. The summed E-state index contributed by atoms with van der Waals surface area (Å²) in [6.07, 6.45) is 0.0364. The molecule has 0 heterocycles. The molecule has 0 bridgehead atoms. The van der Waals surface area contributed by atoms with Crippen LogP contribution in [0, 0.1) is 12.7 Å². The van der Waals surface area contributed by atoms with E-state index in [1.54, 1.807) is 0 Å². The lowest BCUT2D eigenvalue weighted by molar-refractivity contribution is 0.0737. The number of nitrogens with zero attached hydrogens (tertiary/aromatic N) is 1. The number of rotatable bonds is 6. The summed E-state index contributed by atoms with van der Waals surface area (Å²) in [6, 6.07) is 2.28. The van der Waals surface area contributed by atoms with Crippen molar-refractivity contribution in [3.05, 3.63) is 23.5 Å². The molecule has 0 aliphatic heterocycles. The highest BCUT2D eigenvalue weighted by Gasteiger charge is 2.23. The molecule has 20 heavy (non-hydrogen) atoms. The first-order chi connectivity index (χ1) is 9.16. The number of likely N-dealkylation sites (N-methyl/N-ethyl adjacent to an activating group) is 1. The van der Waals surface area contributed by atoms with E-state index >= 15 is 0 Å².